The Morgan fingerprint density at radius 3 is 1.08 bits per heavy atom. The molecule has 0 aromatic heterocycles. The van der Waals surface area contributed by atoms with Crippen LogP contribution in [0.3, 0.4) is 0 Å². The summed E-state index contributed by atoms with van der Waals surface area (Å²) in [6.45, 7) is 16.6. The molecular formula is C20H36N2O4. The van der Waals surface area contributed by atoms with E-state index in [9.17, 15) is 9.59 Å². The fourth-order valence-electron chi connectivity index (χ4n) is 5.02. The number of ether oxygens (including phenoxy) is 2. The molecule has 6 heteroatoms. The summed E-state index contributed by atoms with van der Waals surface area (Å²) in [4.78, 5) is 24.6. The largest absolute Gasteiger partial charge is 0.454 e. The van der Waals surface area contributed by atoms with Crippen molar-refractivity contribution in [2.45, 2.75) is 115 Å². The summed E-state index contributed by atoms with van der Waals surface area (Å²) in [5.41, 5.74) is -0.612. The molecule has 0 unspecified atom stereocenters. The van der Waals surface area contributed by atoms with Crippen molar-refractivity contribution < 1.29 is 19.1 Å². The van der Waals surface area contributed by atoms with E-state index in [1.165, 1.54) is 0 Å². The van der Waals surface area contributed by atoms with Crippen molar-refractivity contribution >= 4 is 11.9 Å². The highest BCUT2D eigenvalue weighted by Gasteiger charge is 2.42. The SMILES string of the molecule is CC1(C)CC(OC(=O)C(=O)OC2CC(C)(C)NC(C)(C)C2)CC(C)(C)N1. The highest BCUT2D eigenvalue weighted by atomic mass is 16.6. The maximum absolute atomic E-state index is 12.3. The number of carbonyl (C=O) groups is 2. The predicted octanol–water partition coefficient (Wildman–Crippen LogP) is 2.69. The van der Waals surface area contributed by atoms with Crippen molar-refractivity contribution in [1.82, 2.24) is 10.6 Å². The van der Waals surface area contributed by atoms with Crippen LogP contribution < -0.4 is 10.6 Å². The Hall–Kier alpha value is -1.14. The van der Waals surface area contributed by atoms with Gasteiger partial charge in [0.25, 0.3) is 0 Å². The van der Waals surface area contributed by atoms with Crippen molar-refractivity contribution in [3.63, 3.8) is 0 Å². The topological polar surface area (TPSA) is 76.7 Å². The van der Waals surface area contributed by atoms with Crippen molar-refractivity contribution in [1.29, 1.82) is 0 Å². The summed E-state index contributed by atoms with van der Waals surface area (Å²) in [5, 5.41) is 7.07. The molecule has 2 saturated heterocycles. The van der Waals surface area contributed by atoms with Gasteiger partial charge in [-0.1, -0.05) is 0 Å². The van der Waals surface area contributed by atoms with Gasteiger partial charge in [0, 0.05) is 47.8 Å². The predicted molar refractivity (Wildman–Crippen MR) is 101 cm³/mol. The van der Waals surface area contributed by atoms with E-state index in [4.69, 9.17) is 9.47 Å². The van der Waals surface area contributed by atoms with E-state index in [-0.39, 0.29) is 34.4 Å². The van der Waals surface area contributed by atoms with Gasteiger partial charge in [-0.25, -0.2) is 9.59 Å². The summed E-state index contributed by atoms with van der Waals surface area (Å²) < 4.78 is 11.0. The van der Waals surface area contributed by atoms with Gasteiger partial charge in [-0.3, -0.25) is 0 Å². The van der Waals surface area contributed by atoms with Crippen LogP contribution in [0.25, 0.3) is 0 Å². The van der Waals surface area contributed by atoms with Gasteiger partial charge in [-0.05, 0) is 55.4 Å². The summed E-state index contributed by atoms with van der Waals surface area (Å²) >= 11 is 0. The van der Waals surface area contributed by atoms with E-state index in [1.807, 2.05) is 0 Å². The Balaban J connectivity index is 1.94. The van der Waals surface area contributed by atoms with Gasteiger partial charge < -0.3 is 20.1 Å². The molecule has 2 heterocycles. The Bertz CT molecular complexity index is 484. The molecule has 2 aliphatic heterocycles. The fraction of sp³-hybridized carbons (Fsp3) is 0.900. The zero-order valence-corrected chi connectivity index (χ0v) is 17.6. The molecular weight excluding hydrogens is 332 g/mol. The molecule has 0 saturated carbocycles. The number of esters is 2. The first-order chi connectivity index (χ1) is 11.6. The van der Waals surface area contributed by atoms with Crippen LogP contribution in [0.4, 0.5) is 0 Å². The first-order valence-corrected chi connectivity index (χ1v) is 9.59. The lowest BCUT2D eigenvalue weighted by molar-refractivity contribution is -0.178. The molecule has 0 bridgehead atoms. The van der Waals surface area contributed by atoms with Gasteiger partial charge in [0.1, 0.15) is 12.2 Å². The van der Waals surface area contributed by atoms with E-state index < -0.39 is 11.9 Å². The Morgan fingerprint density at radius 1 is 0.615 bits per heavy atom. The minimum Gasteiger partial charge on any atom is -0.454 e. The summed E-state index contributed by atoms with van der Waals surface area (Å²) in [6.07, 6.45) is 2.10. The molecule has 0 amide bonds. The van der Waals surface area contributed by atoms with Gasteiger partial charge >= 0.3 is 11.9 Å². The Kier molecular flexibility index (Phi) is 5.52. The van der Waals surface area contributed by atoms with Crippen LogP contribution in [-0.4, -0.2) is 46.3 Å². The number of nitrogens with one attached hydrogen (secondary N) is 2. The van der Waals surface area contributed by atoms with E-state index in [2.05, 4.69) is 66.0 Å². The van der Waals surface area contributed by atoms with Crippen LogP contribution in [0.5, 0.6) is 0 Å². The lowest BCUT2D eigenvalue weighted by Crippen LogP contribution is -2.60. The van der Waals surface area contributed by atoms with E-state index in [0.29, 0.717) is 25.7 Å². The highest BCUT2D eigenvalue weighted by Crippen LogP contribution is 2.32. The van der Waals surface area contributed by atoms with Crippen LogP contribution in [0.1, 0.15) is 81.1 Å². The van der Waals surface area contributed by atoms with Crippen LogP contribution >= 0.6 is 0 Å². The molecule has 2 N–H and O–H groups in total. The second kappa shape index (κ2) is 6.79. The molecule has 0 aromatic carbocycles. The average Bonchev–Trinajstić information content (AvgIpc) is 2.29. The smallest absolute Gasteiger partial charge is 0.417 e. The number of rotatable bonds is 2. The number of piperidine rings is 2. The lowest BCUT2D eigenvalue weighted by Gasteiger charge is -2.46. The normalized spacial score (nSPS) is 27.5. The monoisotopic (exact) mass is 368 g/mol. The molecule has 2 rings (SSSR count). The molecule has 0 spiro atoms. The molecule has 6 nitrogen and oxygen atoms in total. The average molecular weight is 369 g/mol. The molecule has 0 aliphatic carbocycles. The first kappa shape index (κ1) is 21.2. The highest BCUT2D eigenvalue weighted by molar-refractivity contribution is 6.29. The zero-order chi connectivity index (χ0) is 20.0. The van der Waals surface area contributed by atoms with Crippen molar-refractivity contribution in [3.05, 3.63) is 0 Å². The third-order valence-corrected chi connectivity index (χ3v) is 5.02. The Labute approximate surface area is 157 Å². The van der Waals surface area contributed by atoms with Crippen molar-refractivity contribution in [2.24, 2.45) is 0 Å². The van der Waals surface area contributed by atoms with Gasteiger partial charge in [0.15, 0.2) is 0 Å². The van der Waals surface area contributed by atoms with Crippen molar-refractivity contribution in [2.75, 3.05) is 0 Å². The maximum atomic E-state index is 12.3. The third-order valence-electron chi connectivity index (χ3n) is 5.02. The molecule has 0 radical (unpaired) electrons. The number of hydrogen-bond acceptors (Lipinski definition) is 6. The maximum Gasteiger partial charge on any atom is 0.417 e. The molecule has 0 atom stereocenters. The van der Waals surface area contributed by atoms with E-state index in [1.54, 1.807) is 0 Å². The van der Waals surface area contributed by atoms with Gasteiger partial charge in [-0.2, -0.15) is 0 Å². The molecule has 0 aromatic rings. The summed E-state index contributed by atoms with van der Waals surface area (Å²) in [5.74, 6) is -1.75. The van der Waals surface area contributed by atoms with Crippen LogP contribution in [0.15, 0.2) is 0 Å². The quantitative estimate of drug-likeness (QED) is 0.576. The van der Waals surface area contributed by atoms with Crippen molar-refractivity contribution in [3.8, 4) is 0 Å². The van der Waals surface area contributed by atoms with E-state index in [0.717, 1.165) is 0 Å². The molecule has 150 valence electrons. The molecule has 26 heavy (non-hydrogen) atoms. The fourth-order valence-corrected chi connectivity index (χ4v) is 5.02. The summed E-state index contributed by atoms with van der Waals surface area (Å²) in [7, 11) is 0. The van der Waals surface area contributed by atoms with E-state index >= 15 is 0 Å². The number of carbonyl (C=O) groups excluding carboxylic acids is 2. The second-order valence-electron chi connectivity index (χ2n) is 10.7. The van der Waals surface area contributed by atoms with Gasteiger partial charge in [-0.15, -0.1) is 0 Å². The van der Waals surface area contributed by atoms with Crippen LogP contribution in [0, 0.1) is 0 Å². The van der Waals surface area contributed by atoms with Gasteiger partial charge in [0.2, 0.25) is 0 Å². The van der Waals surface area contributed by atoms with Crippen LogP contribution in [-0.2, 0) is 19.1 Å². The Morgan fingerprint density at radius 2 is 0.846 bits per heavy atom. The van der Waals surface area contributed by atoms with Crippen LogP contribution in [0.2, 0.25) is 0 Å². The van der Waals surface area contributed by atoms with Gasteiger partial charge in [0.05, 0.1) is 0 Å². The first-order valence-electron chi connectivity index (χ1n) is 9.59. The standard InChI is InChI=1S/C20H36N2O4/c1-17(2)9-13(10-18(3,4)21-17)25-15(23)16(24)26-14-11-19(5,6)22-20(7,8)12-14/h13-14,21-22H,9-12H2,1-8H3. The second-order valence-corrected chi connectivity index (χ2v) is 10.7. The number of hydrogen-bond donors (Lipinski definition) is 2. The third kappa shape index (κ3) is 5.95. The zero-order valence-electron chi connectivity index (χ0n) is 17.6. The minimum atomic E-state index is -0.877. The minimum absolute atomic E-state index is 0.153. The molecule has 2 aliphatic rings. The lowest BCUT2D eigenvalue weighted by atomic mass is 9.81. The summed E-state index contributed by atoms with van der Waals surface area (Å²) in [6, 6.07) is 0. The molecule has 2 fully saturated rings.